The number of phenols is 1. The van der Waals surface area contributed by atoms with Crippen LogP contribution in [0.5, 0.6) is 5.75 Å². The fourth-order valence-electron chi connectivity index (χ4n) is 3.94. The highest BCUT2D eigenvalue weighted by Gasteiger charge is 2.32. The van der Waals surface area contributed by atoms with E-state index < -0.39 is 17.5 Å². The van der Waals surface area contributed by atoms with Gasteiger partial charge in [0, 0.05) is 12.1 Å². The number of nitrogens with zero attached hydrogens (tertiary/aromatic N) is 3. The number of alkyl halides is 3. The van der Waals surface area contributed by atoms with Crippen LogP contribution >= 0.6 is 11.3 Å². The van der Waals surface area contributed by atoms with Gasteiger partial charge in [0.1, 0.15) is 11.3 Å². The summed E-state index contributed by atoms with van der Waals surface area (Å²) in [4.78, 5) is 2.31. The van der Waals surface area contributed by atoms with E-state index in [2.05, 4.69) is 27.5 Å². The Balaban J connectivity index is 1.73. The molecule has 3 aromatic rings. The fraction of sp³-hybridized carbons (Fsp3) is 0.400. The smallest absolute Gasteiger partial charge is 0.416 e. The van der Waals surface area contributed by atoms with Gasteiger partial charge in [-0.15, -0.1) is 21.5 Å². The molecule has 0 radical (unpaired) electrons. The molecule has 1 aliphatic rings. The lowest BCUT2D eigenvalue weighted by molar-refractivity contribution is -0.137. The number of hydrogen-bond donors (Lipinski definition) is 1. The van der Waals surface area contributed by atoms with Gasteiger partial charge in [-0.05, 0) is 74.0 Å². The monoisotopic (exact) mass is 407 g/mol. The molecule has 0 saturated carbocycles. The lowest BCUT2D eigenvalue weighted by atomic mass is 9.92. The van der Waals surface area contributed by atoms with E-state index in [4.69, 9.17) is 0 Å². The number of benzene rings is 1. The number of phenolic OH excluding ortho intramolecular Hbond substituents is 1. The number of aryl methyl sites for hydroxylation is 1. The zero-order valence-corrected chi connectivity index (χ0v) is 16.4. The summed E-state index contributed by atoms with van der Waals surface area (Å²) in [5, 5.41) is 21.0. The molecular formula is C20H20F3N3OS. The van der Waals surface area contributed by atoms with Crippen molar-refractivity contribution in [2.45, 2.75) is 31.9 Å². The minimum atomic E-state index is -4.51. The molecule has 8 heteroatoms. The summed E-state index contributed by atoms with van der Waals surface area (Å²) in [6.07, 6.45) is -2.26. The highest BCUT2D eigenvalue weighted by molar-refractivity contribution is 7.17. The second-order valence-electron chi connectivity index (χ2n) is 7.42. The van der Waals surface area contributed by atoms with Gasteiger partial charge in [-0.3, -0.25) is 0 Å². The molecule has 1 N–H and O–H groups in total. The number of piperidine rings is 1. The van der Waals surface area contributed by atoms with E-state index in [0.717, 1.165) is 48.3 Å². The SMILES string of the molecule is Cc1cc(C(F)(F)F)cc(O)c1-c1cc2scc([C@@H]3CCCN(C)C3)c2nn1. The lowest BCUT2D eigenvalue weighted by Gasteiger charge is -2.29. The molecule has 0 bridgehead atoms. The van der Waals surface area contributed by atoms with Gasteiger partial charge in [0.15, 0.2) is 0 Å². The standard InChI is InChI=1S/C20H20F3N3OS/c1-11-6-13(20(21,22)23)7-16(27)18(11)15-8-17-19(25-24-15)14(10-28-17)12-4-3-5-26(2)9-12/h6-8,10,12,27H,3-5,9H2,1-2H3/t12-/m1/s1. The van der Waals surface area contributed by atoms with Gasteiger partial charge in [-0.25, -0.2) is 0 Å². The fourth-order valence-corrected chi connectivity index (χ4v) is 4.95. The molecule has 0 unspecified atom stereocenters. The zero-order valence-electron chi connectivity index (χ0n) is 15.5. The Kier molecular flexibility index (Phi) is 4.79. The molecule has 0 amide bonds. The normalized spacial score (nSPS) is 18.7. The third-order valence-electron chi connectivity index (χ3n) is 5.31. The van der Waals surface area contributed by atoms with Crippen LogP contribution in [-0.4, -0.2) is 40.3 Å². The van der Waals surface area contributed by atoms with Crippen molar-refractivity contribution in [1.82, 2.24) is 15.1 Å². The molecule has 0 aliphatic carbocycles. The quantitative estimate of drug-likeness (QED) is 0.634. The van der Waals surface area contributed by atoms with Crippen LogP contribution in [0.15, 0.2) is 23.6 Å². The maximum absolute atomic E-state index is 13.0. The van der Waals surface area contributed by atoms with Crippen molar-refractivity contribution in [1.29, 1.82) is 0 Å². The molecule has 0 spiro atoms. The maximum Gasteiger partial charge on any atom is 0.416 e. The predicted molar refractivity (Wildman–Crippen MR) is 104 cm³/mol. The van der Waals surface area contributed by atoms with E-state index >= 15 is 0 Å². The molecule has 4 rings (SSSR count). The van der Waals surface area contributed by atoms with E-state index in [1.807, 2.05) is 0 Å². The highest BCUT2D eigenvalue weighted by atomic mass is 32.1. The summed E-state index contributed by atoms with van der Waals surface area (Å²) < 4.78 is 39.8. The molecule has 2 aromatic heterocycles. The van der Waals surface area contributed by atoms with Crippen molar-refractivity contribution in [2.75, 3.05) is 20.1 Å². The molecule has 1 atom stereocenters. The minimum Gasteiger partial charge on any atom is -0.507 e. The average molecular weight is 407 g/mol. The summed E-state index contributed by atoms with van der Waals surface area (Å²) in [5.41, 5.74) is 2.13. The number of rotatable bonds is 2. The Morgan fingerprint density at radius 1 is 1.21 bits per heavy atom. The number of fused-ring (bicyclic) bond motifs is 1. The second-order valence-corrected chi connectivity index (χ2v) is 8.33. The van der Waals surface area contributed by atoms with Crippen LogP contribution in [-0.2, 0) is 6.18 Å². The molecule has 1 aromatic carbocycles. The summed E-state index contributed by atoms with van der Waals surface area (Å²) in [6, 6.07) is 3.57. The summed E-state index contributed by atoms with van der Waals surface area (Å²) in [6.45, 7) is 3.61. The highest BCUT2D eigenvalue weighted by Crippen LogP contribution is 2.40. The largest absolute Gasteiger partial charge is 0.507 e. The van der Waals surface area contributed by atoms with E-state index in [0.29, 0.717) is 17.2 Å². The number of thiophene rings is 1. The maximum atomic E-state index is 13.0. The predicted octanol–water partition coefficient (Wildman–Crippen LogP) is 5.20. The number of halogens is 3. The first kappa shape index (κ1) is 19.1. The van der Waals surface area contributed by atoms with Crippen LogP contribution in [0.3, 0.4) is 0 Å². The van der Waals surface area contributed by atoms with Gasteiger partial charge in [0.2, 0.25) is 0 Å². The summed E-state index contributed by atoms with van der Waals surface area (Å²) >= 11 is 1.55. The minimum absolute atomic E-state index is 0.287. The van der Waals surface area contributed by atoms with Gasteiger partial charge >= 0.3 is 6.18 Å². The average Bonchev–Trinajstić information content (AvgIpc) is 3.03. The molecule has 1 aliphatic heterocycles. The Labute approximate surface area is 164 Å². The van der Waals surface area contributed by atoms with Crippen molar-refractivity contribution in [3.8, 4) is 17.0 Å². The van der Waals surface area contributed by atoms with Crippen LogP contribution in [0, 0.1) is 6.92 Å². The molecule has 1 fully saturated rings. The number of aromatic nitrogens is 2. The first-order chi connectivity index (χ1) is 13.2. The Morgan fingerprint density at radius 2 is 2.00 bits per heavy atom. The van der Waals surface area contributed by atoms with Crippen molar-refractivity contribution < 1.29 is 18.3 Å². The first-order valence-corrected chi connectivity index (χ1v) is 9.96. The van der Waals surface area contributed by atoms with Crippen molar-refractivity contribution >= 4 is 21.6 Å². The Hall–Kier alpha value is -2.19. The third kappa shape index (κ3) is 3.46. The molecule has 4 nitrogen and oxygen atoms in total. The lowest BCUT2D eigenvalue weighted by Crippen LogP contribution is -2.30. The first-order valence-electron chi connectivity index (χ1n) is 9.08. The van der Waals surface area contributed by atoms with Crippen LogP contribution in [0.1, 0.15) is 35.4 Å². The van der Waals surface area contributed by atoms with Crippen LogP contribution in [0.25, 0.3) is 21.5 Å². The van der Waals surface area contributed by atoms with Gasteiger partial charge in [0.05, 0.1) is 16.0 Å². The topological polar surface area (TPSA) is 49.2 Å². The second kappa shape index (κ2) is 7.00. The van der Waals surface area contributed by atoms with E-state index in [9.17, 15) is 18.3 Å². The van der Waals surface area contributed by atoms with Crippen LogP contribution in [0.4, 0.5) is 13.2 Å². The van der Waals surface area contributed by atoms with Gasteiger partial charge in [0.25, 0.3) is 0 Å². The molecule has 1 saturated heterocycles. The number of aromatic hydroxyl groups is 1. The molecular weight excluding hydrogens is 387 g/mol. The van der Waals surface area contributed by atoms with Gasteiger partial charge < -0.3 is 10.0 Å². The molecule has 148 valence electrons. The molecule has 28 heavy (non-hydrogen) atoms. The van der Waals surface area contributed by atoms with Crippen molar-refractivity contribution in [2.24, 2.45) is 0 Å². The van der Waals surface area contributed by atoms with E-state index in [1.54, 1.807) is 17.4 Å². The van der Waals surface area contributed by atoms with Crippen molar-refractivity contribution in [3.05, 3.63) is 40.3 Å². The van der Waals surface area contributed by atoms with Gasteiger partial charge in [-0.2, -0.15) is 13.2 Å². The Morgan fingerprint density at radius 3 is 2.68 bits per heavy atom. The van der Waals surface area contributed by atoms with Gasteiger partial charge in [-0.1, -0.05) is 0 Å². The zero-order chi connectivity index (χ0) is 20.1. The number of hydrogen-bond acceptors (Lipinski definition) is 5. The number of likely N-dealkylation sites (N-methyl/N-ethyl adjacent to an activating group) is 1. The molecule has 3 heterocycles. The van der Waals surface area contributed by atoms with Crippen LogP contribution < -0.4 is 0 Å². The van der Waals surface area contributed by atoms with Crippen LogP contribution in [0.2, 0.25) is 0 Å². The van der Waals surface area contributed by atoms with E-state index in [1.165, 1.54) is 12.5 Å². The summed E-state index contributed by atoms with van der Waals surface area (Å²) in [7, 11) is 2.11. The number of likely N-dealkylation sites (tertiary alicyclic amines) is 1. The van der Waals surface area contributed by atoms with E-state index in [-0.39, 0.29) is 5.56 Å². The third-order valence-corrected chi connectivity index (χ3v) is 6.24. The Bertz CT molecular complexity index is 1010. The van der Waals surface area contributed by atoms with Crippen molar-refractivity contribution in [3.63, 3.8) is 0 Å². The summed E-state index contributed by atoms with van der Waals surface area (Å²) in [5.74, 6) is -0.0273.